The van der Waals surface area contributed by atoms with Crippen molar-refractivity contribution in [1.82, 2.24) is 25.3 Å². The van der Waals surface area contributed by atoms with Crippen molar-refractivity contribution in [3.63, 3.8) is 0 Å². The number of nitriles is 1. The van der Waals surface area contributed by atoms with Crippen LogP contribution in [0.5, 0.6) is 0 Å². The number of nitrogens with one attached hydrogen (secondary N) is 3. The van der Waals surface area contributed by atoms with Crippen molar-refractivity contribution in [2.24, 2.45) is 5.41 Å². The van der Waals surface area contributed by atoms with Crippen molar-refractivity contribution in [1.29, 1.82) is 5.26 Å². The van der Waals surface area contributed by atoms with E-state index in [-0.39, 0.29) is 11.1 Å². The van der Waals surface area contributed by atoms with Gasteiger partial charge in [-0.05, 0) is 54.2 Å². The molecular weight excluding hydrogens is 574 g/mol. The number of fused-ring (bicyclic) bond motifs is 1. The second-order valence-electron chi connectivity index (χ2n) is 11.0. The number of benzene rings is 3. The van der Waals surface area contributed by atoms with Gasteiger partial charge in [-0.1, -0.05) is 58.7 Å². The molecule has 1 saturated heterocycles. The van der Waals surface area contributed by atoms with E-state index in [1.54, 1.807) is 12.1 Å². The summed E-state index contributed by atoms with van der Waals surface area (Å²) in [5, 5.41) is 30.1. The lowest BCUT2D eigenvalue weighted by molar-refractivity contribution is 0.00161. The van der Waals surface area contributed by atoms with E-state index in [1.165, 1.54) is 18.3 Å². The molecule has 1 aliphatic carbocycles. The van der Waals surface area contributed by atoms with Crippen LogP contribution in [0, 0.1) is 22.6 Å². The van der Waals surface area contributed by atoms with Crippen molar-refractivity contribution in [2.75, 3.05) is 23.7 Å². The number of pyridine rings is 1. The van der Waals surface area contributed by atoms with E-state index in [1.807, 2.05) is 47.3 Å². The Labute approximate surface area is 251 Å². The first kappa shape index (κ1) is 26.7. The normalized spacial score (nSPS) is 16.4. The first-order chi connectivity index (χ1) is 20.4. The molecule has 8 nitrogen and oxygen atoms in total. The minimum atomic E-state index is -0.530. The van der Waals surface area contributed by atoms with E-state index in [4.69, 9.17) is 23.2 Å². The highest BCUT2D eigenvalue weighted by Gasteiger charge is 2.49. The van der Waals surface area contributed by atoms with Crippen molar-refractivity contribution < 1.29 is 4.39 Å². The Morgan fingerprint density at radius 2 is 1.83 bits per heavy atom. The van der Waals surface area contributed by atoms with Gasteiger partial charge < -0.3 is 16.0 Å². The molecule has 0 amide bonds. The third kappa shape index (κ3) is 4.81. The van der Waals surface area contributed by atoms with Crippen LogP contribution in [0.1, 0.15) is 41.7 Å². The molecule has 7 rings (SSSR count). The molecule has 210 valence electrons. The Balaban J connectivity index is 1.25. The van der Waals surface area contributed by atoms with Gasteiger partial charge >= 0.3 is 0 Å². The average molecular weight is 600 g/mol. The Kier molecular flexibility index (Phi) is 6.70. The van der Waals surface area contributed by atoms with Gasteiger partial charge in [0.05, 0.1) is 45.1 Å². The molecule has 1 atom stereocenters. The van der Waals surface area contributed by atoms with Gasteiger partial charge in [0.2, 0.25) is 0 Å². The third-order valence-electron chi connectivity index (χ3n) is 8.21. The molecule has 0 bridgehead atoms. The van der Waals surface area contributed by atoms with E-state index in [0.717, 1.165) is 37.2 Å². The standard InChI is InChI=1S/C31H25Cl2FN8/c32-24-9-20(6-7-26(24)34)38-28-19(13-35)14-37-30-23(28)8-21(10-25(30)33)39-29(18-4-2-1-3-5-18)27-15-42(41-40-27)22-11-31(12-22)16-36-17-31/h1-10,14-15,22,29,36,39H,11-12,16-17H2,(H,37,38)/t29-/m0/s1. The van der Waals surface area contributed by atoms with Crippen LogP contribution in [0.2, 0.25) is 10.0 Å². The molecule has 2 fully saturated rings. The molecule has 0 radical (unpaired) electrons. The zero-order valence-corrected chi connectivity index (χ0v) is 23.8. The molecule has 5 aromatic rings. The molecule has 11 heteroatoms. The van der Waals surface area contributed by atoms with Gasteiger partial charge in [-0.2, -0.15) is 5.26 Å². The summed E-state index contributed by atoms with van der Waals surface area (Å²) < 4.78 is 15.8. The lowest BCUT2D eigenvalue weighted by Gasteiger charge is -2.54. The molecule has 0 unspecified atom stereocenters. The molecular formula is C31H25Cl2FN8. The van der Waals surface area contributed by atoms with E-state index in [0.29, 0.717) is 50.0 Å². The van der Waals surface area contributed by atoms with Gasteiger partial charge in [0.25, 0.3) is 0 Å². The van der Waals surface area contributed by atoms with E-state index in [2.05, 4.69) is 37.3 Å². The van der Waals surface area contributed by atoms with Gasteiger partial charge in [-0.25, -0.2) is 9.07 Å². The maximum absolute atomic E-state index is 13.8. The Morgan fingerprint density at radius 3 is 2.55 bits per heavy atom. The number of nitrogens with zero attached hydrogens (tertiary/aromatic N) is 5. The van der Waals surface area contributed by atoms with Crippen molar-refractivity contribution in [3.05, 3.63) is 106 Å². The number of hydrogen-bond acceptors (Lipinski definition) is 7. The molecule has 3 heterocycles. The molecule has 2 aliphatic rings. The van der Waals surface area contributed by atoms with Crippen molar-refractivity contribution >= 4 is 51.2 Å². The predicted octanol–water partition coefficient (Wildman–Crippen LogP) is 7.01. The van der Waals surface area contributed by atoms with Crippen LogP contribution >= 0.6 is 23.2 Å². The highest BCUT2D eigenvalue weighted by molar-refractivity contribution is 6.36. The van der Waals surface area contributed by atoms with E-state index >= 15 is 0 Å². The fraction of sp³-hybridized carbons (Fsp3) is 0.226. The Hall–Kier alpha value is -4.23. The summed E-state index contributed by atoms with van der Waals surface area (Å²) in [5.41, 5.74) is 4.76. The molecule has 1 aliphatic heterocycles. The molecule has 3 aromatic carbocycles. The first-order valence-electron chi connectivity index (χ1n) is 13.6. The summed E-state index contributed by atoms with van der Waals surface area (Å²) in [6, 6.07) is 20.2. The lowest BCUT2D eigenvalue weighted by Crippen LogP contribution is -2.60. The fourth-order valence-corrected chi connectivity index (χ4v) is 6.36. The second-order valence-corrected chi connectivity index (χ2v) is 11.9. The zero-order valence-electron chi connectivity index (χ0n) is 22.3. The Bertz CT molecular complexity index is 1840. The van der Waals surface area contributed by atoms with Crippen LogP contribution in [0.25, 0.3) is 10.9 Å². The van der Waals surface area contributed by atoms with Crippen LogP contribution in [0.4, 0.5) is 21.5 Å². The first-order valence-corrected chi connectivity index (χ1v) is 14.4. The number of rotatable bonds is 7. The largest absolute Gasteiger partial charge is 0.373 e. The Morgan fingerprint density at radius 1 is 1.05 bits per heavy atom. The summed E-state index contributed by atoms with van der Waals surface area (Å²) >= 11 is 12.8. The highest BCUT2D eigenvalue weighted by Crippen LogP contribution is 2.50. The van der Waals surface area contributed by atoms with Crippen LogP contribution < -0.4 is 16.0 Å². The van der Waals surface area contributed by atoms with Gasteiger partial charge in [0, 0.05) is 36.0 Å². The van der Waals surface area contributed by atoms with Crippen LogP contribution in [0.3, 0.4) is 0 Å². The summed E-state index contributed by atoms with van der Waals surface area (Å²) in [4.78, 5) is 4.45. The molecule has 42 heavy (non-hydrogen) atoms. The minimum Gasteiger partial charge on any atom is -0.373 e. The van der Waals surface area contributed by atoms with Crippen molar-refractivity contribution in [3.8, 4) is 6.07 Å². The summed E-state index contributed by atoms with van der Waals surface area (Å²) in [5.74, 6) is -0.530. The smallest absolute Gasteiger partial charge is 0.141 e. The third-order valence-corrected chi connectivity index (χ3v) is 8.79. The molecule has 1 spiro atoms. The van der Waals surface area contributed by atoms with Crippen molar-refractivity contribution in [2.45, 2.75) is 24.9 Å². The summed E-state index contributed by atoms with van der Waals surface area (Å²) in [7, 11) is 0. The summed E-state index contributed by atoms with van der Waals surface area (Å²) in [6.45, 7) is 2.16. The highest BCUT2D eigenvalue weighted by atomic mass is 35.5. The summed E-state index contributed by atoms with van der Waals surface area (Å²) in [6.07, 6.45) is 5.70. The van der Waals surface area contributed by atoms with Gasteiger partial charge in [0.1, 0.15) is 17.6 Å². The fourth-order valence-electron chi connectivity index (χ4n) is 5.92. The topological polar surface area (TPSA) is 103 Å². The van der Waals surface area contributed by atoms with Gasteiger partial charge in [-0.15, -0.1) is 5.10 Å². The zero-order chi connectivity index (χ0) is 28.8. The van der Waals surface area contributed by atoms with Gasteiger partial charge in [-0.3, -0.25) is 4.98 Å². The lowest BCUT2D eigenvalue weighted by atomic mass is 9.62. The minimum absolute atomic E-state index is 0.0302. The number of aromatic nitrogens is 4. The predicted molar refractivity (Wildman–Crippen MR) is 162 cm³/mol. The van der Waals surface area contributed by atoms with Crippen LogP contribution in [0.15, 0.2) is 73.1 Å². The number of anilines is 3. The average Bonchev–Trinajstić information content (AvgIpc) is 3.42. The van der Waals surface area contributed by atoms with Gasteiger partial charge in [0.15, 0.2) is 0 Å². The molecule has 1 saturated carbocycles. The van der Waals surface area contributed by atoms with Crippen LogP contribution in [-0.4, -0.2) is 33.1 Å². The maximum Gasteiger partial charge on any atom is 0.141 e. The van der Waals surface area contributed by atoms with E-state index in [9.17, 15) is 9.65 Å². The maximum atomic E-state index is 13.8. The van der Waals surface area contributed by atoms with E-state index < -0.39 is 5.82 Å². The quantitative estimate of drug-likeness (QED) is 0.185. The molecule has 3 N–H and O–H groups in total. The second kappa shape index (κ2) is 10.6. The number of hydrogen-bond donors (Lipinski definition) is 3. The number of halogens is 3. The monoisotopic (exact) mass is 598 g/mol. The molecule has 2 aromatic heterocycles. The van der Waals surface area contributed by atoms with Crippen LogP contribution in [-0.2, 0) is 0 Å². The SMILES string of the molecule is N#Cc1cnc2c(Cl)cc(N[C@@H](c3ccccc3)c3cn(C4CC5(CNC5)C4)nn3)cc2c1Nc1ccc(F)c(Cl)c1.